The van der Waals surface area contributed by atoms with Crippen molar-refractivity contribution in [3.05, 3.63) is 112 Å². The fourth-order valence-electron chi connectivity index (χ4n) is 7.26. The van der Waals surface area contributed by atoms with Crippen LogP contribution in [0.5, 0.6) is 5.88 Å². The smallest absolute Gasteiger partial charge is 0.410 e. The van der Waals surface area contributed by atoms with Crippen molar-refractivity contribution in [3.63, 3.8) is 0 Å². The molecule has 0 unspecified atom stereocenters. The Morgan fingerprint density at radius 1 is 0.857 bits per heavy atom. The summed E-state index contributed by atoms with van der Waals surface area (Å²) >= 11 is 0. The van der Waals surface area contributed by atoms with Crippen molar-refractivity contribution >= 4 is 22.7 Å². The average molecular weight is 661 g/mol. The molecule has 2 saturated heterocycles. The lowest BCUT2D eigenvalue weighted by Crippen LogP contribution is -2.53. The van der Waals surface area contributed by atoms with E-state index >= 15 is 0 Å². The highest BCUT2D eigenvalue weighted by molar-refractivity contribution is 6.01. The lowest BCUT2D eigenvalue weighted by Gasteiger charge is -2.43. The Morgan fingerprint density at radius 3 is 2.29 bits per heavy atom. The summed E-state index contributed by atoms with van der Waals surface area (Å²) in [7, 11) is 1.98. The molecule has 1 amide bonds. The number of hydrogen-bond acceptors (Lipinski definition) is 7. The van der Waals surface area contributed by atoms with E-state index in [1.54, 1.807) is 6.07 Å². The highest BCUT2D eigenvalue weighted by Crippen LogP contribution is 2.37. The predicted octanol–water partition coefficient (Wildman–Crippen LogP) is 6.07. The number of aromatic amines is 1. The Labute approximate surface area is 286 Å². The molecule has 0 radical (unpaired) electrons. The standard InChI is InChI=1S/C39H44N6O4/c1-28-24-43(25-29-18-20-44(21-19-29)39(47)49-27-31-12-7-4-8-13-31)22-23-45(28)34-15-9-14-32-36(41-42(2)37(32)34)33-16-17-35(46)40-38(33)48-26-30-10-5-3-6-11-30/h3-17,28-29H,18-27H2,1-2H3,(H,40,46)/t28-/m0/s1. The van der Waals surface area contributed by atoms with Crippen LogP contribution in [0.3, 0.4) is 0 Å². The number of hydrogen-bond donors (Lipinski definition) is 1. The molecule has 10 nitrogen and oxygen atoms in total. The molecule has 2 aliphatic rings. The van der Waals surface area contributed by atoms with Crippen LogP contribution in [0.15, 0.2) is 95.8 Å². The number of para-hydroxylation sites is 1. The normalized spacial score (nSPS) is 17.4. The molecule has 2 fully saturated rings. The average Bonchev–Trinajstić information content (AvgIpc) is 3.47. The van der Waals surface area contributed by atoms with Crippen LogP contribution in [0, 0.1) is 5.92 Å². The van der Waals surface area contributed by atoms with Gasteiger partial charge < -0.3 is 19.3 Å². The van der Waals surface area contributed by atoms with Gasteiger partial charge in [0.15, 0.2) is 0 Å². The van der Waals surface area contributed by atoms with Crippen molar-refractivity contribution in [2.24, 2.45) is 13.0 Å². The van der Waals surface area contributed by atoms with Gasteiger partial charge in [-0.1, -0.05) is 72.8 Å². The zero-order chi connectivity index (χ0) is 33.7. The highest BCUT2D eigenvalue weighted by Gasteiger charge is 2.30. The maximum absolute atomic E-state index is 12.7. The van der Waals surface area contributed by atoms with Gasteiger partial charge in [0, 0.05) is 63.8 Å². The Morgan fingerprint density at radius 2 is 1.57 bits per heavy atom. The van der Waals surface area contributed by atoms with Gasteiger partial charge in [-0.25, -0.2) is 4.79 Å². The van der Waals surface area contributed by atoms with E-state index in [0.29, 0.717) is 31.1 Å². The van der Waals surface area contributed by atoms with Crippen LogP contribution in [0.1, 0.15) is 30.9 Å². The van der Waals surface area contributed by atoms with Gasteiger partial charge in [-0.05, 0) is 48.9 Å². The SMILES string of the molecule is C[C@H]1CN(CC2CCN(C(=O)OCc3ccccc3)CC2)CCN1c1cccc2c(-c3ccc(=O)[nH]c3OCc3ccccc3)nn(C)c12. The summed E-state index contributed by atoms with van der Waals surface area (Å²) < 4.78 is 13.7. The molecule has 1 atom stereocenters. The number of carbonyl (C=O) groups is 1. The number of H-pyrrole nitrogens is 1. The molecule has 7 rings (SSSR count). The van der Waals surface area contributed by atoms with Gasteiger partial charge in [-0.2, -0.15) is 5.10 Å². The van der Waals surface area contributed by atoms with Gasteiger partial charge >= 0.3 is 6.09 Å². The van der Waals surface area contributed by atoms with Crippen molar-refractivity contribution in [2.45, 2.75) is 39.0 Å². The first kappa shape index (κ1) is 32.5. The maximum Gasteiger partial charge on any atom is 0.410 e. The Balaban J connectivity index is 0.991. The number of aryl methyl sites for hydroxylation is 1. The van der Waals surface area contributed by atoms with Gasteiger partial charge in [0.25, 0.3) is 5.56 Å². The fourth-order valence-corrected chi connectivity index (χ4v) is 7.26. The second-order valence-corrected chi connectivity index (χ2v) is 13.3. The number of likely N-dealkylation sites (tertiary alicyclic amines) is 1. The summed E-state index contributed by atoms with van der Waals surface area (Å²) in [4.78, 5) is 34.8. The van der Waals surface area contributed by atoms with E-state index in [9.17, 15) is 9.59 Å². The number of fused-ring (bicyclic) bond motifs is 1. The van der Waals surface area contributed by atoms with Gasteiger partial charge in [0.2, 0.25) is 5.88 Å². The summed E-state index contributed by atoms with van der Waals surface area (Å²) in [6.07, 6.45) is 1.77. The van der Waals surface area contributed by atoms with Crippen molar-refractivity contribution in [3.8, 4) is 17.1 Å². The number of nitrogens with one attached hydrogen (secondary N) is 1. The molecule has 0 bridgehead atoms. The van der Waals surface area contributed by atoms with Crippen molar-refractivity contribution in [1.29, 1.82) is 0 Å². The first-order valence-electron chi connectivity index (χ1n) is 17.2. The molecular formula is C39H44N6O4. The zero-order valence-electron chi connectivity index (χ0n) is 28.3. The van der Waals surface area contributed by atoms with Crippen LogP contribution < -0.4 is 15.2 Å². The molecule has 254 valence electrons. The minimum atomic E-state index is -0.216. The Kier molecular flexibility index (Phi) is 9.65. The summed E-state index contributed by atoms with van der Waals surface area (Å²) in [5, 5.41) is 5.98. The van der Waals surface area contributed by atoms with Gasteiger partial charge in [0.05, 0.1) is 16.8 Å². The van der Waals surface area contributed by atoms with E-state index in [4.69, 9.17) is 14.6 Å². The van der Waals surface area contributed by atoms with Crippen LogP contribution in [-0.2, 0) is 25.0 Å². The number of nitrogens with zero attached hydrogens (tertiary/aromatic N) is 5. The molecule has 2 aromatic heterocycles. The van der Waals surface area contributed by atoms with E-state index in [-0.39, 0.29) is 11.7 Å². The van der Waals surface area contributed by atoms with Crippen LogP contribution in [0.25, 0.3) is 22.2 Å². The summed E-state index contributed by atoms with van der Waals surface area (Å²) in [5.41, 5.74) is 5.56. The lowest BCUT2D eigenvalue weighted by atomic mass is 9.95. The number of benzene rings is 3. The number of piperazine rings is 1. The van der Waals surface area contributed by atoms with Gasteiger partial charge in [-0.15, -0.1) is 0 Å². The number of carbonyl (C=O) groups excluding carboxylic acids is 1. The molecular weight excluding hydrogens is 616 g/mol. The van der Waals surface area contributed by atoms with Gasteiger partial charge in [0.1, 0.15) is 18.9 Å². The molecule has 5 aromatic rings. The molecule has 1 N–H and O–H groups in total. The maximum atomic E-state index is 12.7. The van der Waals surface area contributed by atoms with E-state index in [1.807, 2.05) is 77.3 Å². The summed E-state index contributed by atoms with van der Waals surface area (Å²) in [6, 6.07) is 29.8. The number of piperidine rings is 1. The number of amides is 1. The second-order valence-electron chi connectivity index (χ2n) is 13.3. The summed E-state index contributed by atoms with van der Waals surface area (Å²) in [5.74, 6) is 0.981. The molecule has 0 aliphatic carbocycles. The number of ether oxygens (including phenoxy) is 2. The van der Waals surface area contributed by atoms with E-state index in [0.717, 1.165) is 91.1 Å². The minimum Gasteiger partial charge on any atom is -0.474 e. The lowest BCUT2D eigenvalue weighted by molar-refractivity contribution is 0.0759. The van der Waals surface area contributed by atoms with Crippen LogP contribution >= 0.6 is 0 Å². The molecule has 4 heterocycles. The molecule has 0 spiro atoms. The molecule has 10 heteroatoms. The van der Waals surface area contributed by atoms with E-state index in [1.165, 1.54) is 6.07 Å². The molecule has 0 saturated carbocycles. The van der Waals surface area contributed by atoms with Crippen LogP contribution in [-0.4, -0.2) is 76.0 Å². The number of rotatable bonds is 9. The number of anilines is 1. The largest absolute Gasteiger partial charge is 0.474 e. The first-order valence-corrected chi connectivity index (χ1v) is 17.2. The Hall–Kier alpha value is -5.09. The van der Waals surface area contributed by atoms with Crippen molar-refractivity contribution in [2.75, 3.05) is 44.2 Å². The van der Waals surface area contributed by atoms with Crippen LogP contribution in [0.2, 0.25) is 0 Å². The third-order valence-corrected chi connectivity index (χ3v) is 9.82. The molecule has 3 aromatic carbocycles. The summed E-state index contributed by atoms with van der Waals surface area (Å²) in [6.45, 7) is 8.34. The third kappa shape index (κ3) is 7.34. The number of pyridine rings is 1. The monoisotopic (exact) mass is 660 g/mol. The quantitative estimate of drug-likeness (QED) is 0.205. The van der Waals surface area contributed by atoms with Crippen molar-refractivity contribution < 1.29 is 14.3 Å². The first-order chi connectivity index (χ1) is 23.9. The Bertz CT molecular complexity index is 1930. The van der Waals surface area contributed by atoms with E-state index < -0.39 is 0 Å². The third-order valence-electron chi connectivity index (χ3n) is 9.82. The van der Waals surface area contributed by atoms with Crippen molar-refractivity contribution in [1.82, 2.24) is 24.6 Å². The molecule has 49 heavy (non-hydrogen) atoms. The zero-order valence-corrected chi connectivity index (χ0v) is 28.3. The highest BCUT2D eigenvalue weighted by atomic mass is 16.6. The second kappa shape index (κ2) is 14.6. The topological polar surface area (TPSA) is 95.9 Å². The predicted molar refractivity (Wildman–Crippen MR) is 192 cm³/mol. The van der Waals surface area contributed by atoms with Gasteiger partial charge in [-0.3, -0.25) is 19.4 Å². The molecule has 2 aliphatic heterocycles. The fraction of sp³-hybridized carbons (Fsp3) is 0.359. The number of aromatic nitrogens is 3. The minimum absolute atomic E-state index is 0.214. The van der Waals surface area contributed by atoms with Crippen LogP contribution in [0.4, 0.5) is 10.5 Å². The van der Waals surface area contributed by atoms with E-state index in [2.05, 4.69) is 39.9 Å².